The number of halogens is 3. The van der Waals surface area contributed by atoms with Crippen LogP contribution in [-0.4, -0.2) is 23.9 Å². The van der Waals surface area contributed by atoms with Crippen LogP contribution in [0.15, 0.2) is 176 Å². The Morgan fingerprint density at radius 2 is 1.11 bits per heavy atom. The lowest BCUT2D eigenvalue weighted by atomic mass is 9.87. The molecule has 0 amide bonds. The fourth-order valence-electron chi connectivity index (χ4n) is 6.93. The van der Waals surface area contributed by atoms with Gasteiger partial charge in [0.2, 0.25) is 0 Å². The maximum Gasteiger partial charge on any atom is 0.534 e. The Labute approximate surface area is 323 Å². The maximum atomic E-state index is 13.7. The second-order valence-corrected chi connectivity index (χ2v) is 14.8. The number of aromatic nitrogens is 2. The first kappa shape index (κ1) is 36.4. The van der Waals surface area contributed by atoms with Crippen LogP contribution in [0.1, 0.15) is 18.4 Å². The molecule has 0 saturated carbocycles. The molecule has 9 heteroatoms. The van der Waals surface area contributed by atoms with Crippen molar-refractivity contribution in [3.8, 4) is 72.8 Å². The Bertz CT molecular complexity index is 2710. The molecule has 0 spiro atoms. The summed E-state index contributed by atoms with van der Waals surface area (Å²) in [6.45, 7) is 0. The number of allylic oxidation sites excluding steroid dienone is 4. The summed E-state index contributed by atoms with van der Waals surface area (Å²) < 4.78 is 70.9. The first-order valence-corrected chi connectivity index (χ1v) is 19.3. The summed E-state index contributed by atoms with van der Waals surface area (Å²) in [5.74, 6) is -0.472. The molecule has 5 nitrogen and oxygen atoms in total. The van der Waals surface area contributed by atoms with Crippen LogP contribution < -0.4 is 4.18 Å². The van der Waals surface area contributed by atoms with E-state index in [0.717, 1.165) is 68.7 Å². The third-order valence-electron chi connectivity index (χ3n) is 9.60. The van der Waals surface area contributed by atoms with Gasteiger partial charge in [0.1, 0.15) is 5.75 Å². The van der Waals surface area contributed by atoms with Crippen molar-refractivity contribution in [2.24, 2.45) is 0 Å². The van der Waals surface area contributed by atoms with Gasteiger partial charge in [0.05, 0.1) is 11.4 Å². The number of alkyl halides is 3. The zero-order chi connectivity index (χ0) is 38.7. The van der Waals surface area contributed by atoms with Crippen molar-refractivity contribution in [3.05, 3.63) is 182 Å². The van der Waals surface area contributed by atoms with Crippen LogP contribution in [0.5, 0.6) is 5.75 Å². The molecule has 7 aromatic rings. The lowest BCUT2D eigenvalue weighted by Gasteiger charge is -2.19. The van der Waals surface area contributed by atoms with Crippen molar-refractivity contribution in [3.63, 3.8) is 0 Å². The van der Waals surface area contributed by atoms with Crippen LogP contribution in [0, 0.1) is 0 Å². The Balaban J connectivity index is 1.29. The lowest BCUT2D eigenvalue weighted by Crippen LogP contribution is -2.28. The number of pyridine rings is 2. The molecule has 2 heterocycles. The van der Waals surface area contributed by atoms with Crippen molar-refractivity contribution in [1.82, 2.24) is 9.97 Å². The van der Waals surface area contributed by atoms with E-state index in [1.54, 1.807) is 6.20 Å². The van der Waals surface area contributed by atoms with Crippen LogP contribution >= 0.6 is 0 Å². The number of rotatable bonds is 9. The van der Waals surface area contributed by atoms with Crippen molar-refractivity contribution < 1.29 is 25.8 Å². The normalized spacial score (nSPS) is 12.9. The van der Waals surface area contributed by atoms with Gasteiger partial charge in [-0.1, -0.05) is 127 Å². The molecule has 0 N–H and O–H groups in total. The molecular formula is C47H33F3N2O3S. The quantitative estimate of drug-likeness (QED) is 0.108. The second-order valence-electron chi connectivity index (χ2n) is 13.2. The van der Waals surface area contributed by atoms with Gasteiger partial charge in [-0.3, -0.25) is 9.97 Å². The van der Waals surface area contributed by atoms with Crippen LogP contribution in [0.2, 0.25) is 0 Å². The molecule has 0 radical (unpaired) electrons. The van der Waals surface area contributed by atoms with E-state index < -0.39 is 21.4 Å². The van der Waals surface area contributed by atoms with Gasteiger partial charge in [-0.2, -0.15) is 21.6 Å². The highest BCUT2D eigenvalue weighted by atomic mass is 32.2. The van der Waals surface area contributed by atoms with E-state index in [0.29, 0.717) is 22.3 Å². The largest absolute Gasteiger partial charge is 0.534 e. The molecule has 2 aromatic heterocycles. The van der Waals surface area contributed by atoms with Gasteiger partial charge in [0.25, 0.3) is 0 Å². The predicted octanol–water partition coefficient (Wildman–Crippen LogP) is 12.4. The molecule has 0 aliphatic heterocycles. The van der Waals surface area contributed by atoms with E-state index in [9.17, 15) is 21.6 Å². The lowest BCUT2D eigenvalue weighted by molar-refractivity contribution is -0.0500. The zero-order valence-corrected chi connectivity index (χ0v) is 30.6. The summed E-state index contributed by atoms with van der Waals surface area (Å²) in [4.78, 5) is 9.30. The number of hydrogen-bond acceptors (Lipinski definition) is 5. The van der Waals surface area contributed by atoms with E-state index in [2.05, 4.69) is 29.3 Å². The molecule has 0 atom stereocenters. The summed E-state index contributed by atoms with van der Waals surface area (Å²) >= 11 is 0. The fourth-order valence-corrected chi connectivity index (χ4v) is 7.38. The molecule has 0 fully saturated rings. The average molecular weight is 763 g/mol. The first-order chi connectivity index (χ1) is 27.1. The van der Waals surface area contributed by atoms with Gasteiger partial charge >= 0.3 is 15.6 Å². The molecule has 0 saturated heterocycles. The molecule has 1 aliphatic rings. The minimum Gasteiger partial charge on any atom is -0.376 e. The predicted molar refractivity (Wildman–Crippen MR) is 217 cm³/mol. The molecule has 276 valence electrons. The van der Waals surface area contributed by atoms with Gasteiger partial charge in [0, 0.05) is 29.1 Å². The van der Waals surface area contributed by atoms with E-state index in [4.69, 9.17) is 9.17 Å². The zero-order valence-electron chi connectivity index (χ0n) is 29.8. The molecule has 56 heavy (non-hydrogen) atoms. The minimum atomic E-state index is -5.99. The summed E-state index contributed by atoms with van der Waals surface area (Å²) in [5.41, 5.74) is 5.26. The topological polar surface area (TPSA) is 69.2 Å². The average Bonchev–Trinajstić information content (AvgIpc) is 3.24. The highest BCUT2D eigenvalue weighted by molar-refractivity contribution is 7.88. The van der Waals surface area contributed by atoms with Crippen molar-refractivity contribution in [1.29, 1.82) is 0 Å². The molecule has 8 rings (SSSR count). The van der Waals surface area contributed by atoms with Gasteiger partial charge in [-0.15, -0.1) is 0 Å². The highest BCUT2D eigenvalue weighted by Crippen LogP contribution is 2.43. The van der Waals surface area contributed by atoms with Gasteiger partial charge < -0.3 is 4.18 Å². The standard InChI is InChI=1S/C47H33F3N2O3S/c48-47(49,50)56(53,54)55-38-28-36(40-18-8-7-17-39(40)33-22-24-35(25-23-33)45-21-11-12-26-51-45)27-37(29-38)41-19-9-10-20-42(41)44-31-52-46(34-15-5-2-6-16-34)30-43(44)32-13-3-1-4-14-32/h2-3,5-31H,1,4H2. The molecule has 0 unspecified atom stereocenters. The van der Waals surface area contributed by atoms with E-state index in [1.807, 2.05) is 134 Å². The number of nitrogens with zero attached hydrogens (tertiary/aromatic N) is 2. The van der Waals surface area contributed by atoms with Crippen LogP contribution in [0.25, 0.3) is 72.6 Å². The van der Waals surface area contributed by atoms with Gasteiger partial charge in [-0.25, -0.2) is 0 Å². The summed E-state index contributed by atoms with van der Waals surface area (Å²) in [6.07, 6.45) is 11.8. The van der Waals surface area contributed by atoms with Crippen molar-refractivity contribution in [2.75, 3.05) is 0 Å². The Morgan fingerprint density at radius 3 is 1.73 bits per heavy atom. The van der Waals surface area contributed by atoms with Crippen LogP contribution in [0.4, 0.5) is 13.2 Å². The van der Waals surface area contributed by atoms with E-state index in [1.165, 1.54) is 12.1 Å². The highest BCUT2D eigenvalue weighted by Gasteiger charge is 2.48. The molecule has 0 bridgehead atoms. The molecule has 1 aliphatic carbocycles. The third kappa shape index (κ3) is 7.54. The summed E-state index contributed by atoms with van der Waals surface area (Å²) in [5, 5.41) is 0. The summed E-state index contributed by atoms with van der Waals surface area (Å²) in [6, 6.07) is 44.9. The Morgan fingerprint density at radius 1 is 0.518 bits per heavy atom. The Kier molecular flexibility index (Phi) is 9.93. The minimum absolute atomic E-state index is 0.456. The number of hydrogen-bond donors (Lipinski definition) is 0. The SMILES string of the molecule is O=S(=O)(Oc1cc(-c2ccccc2-c2ccc(-c3ccccn3)cc2)cc(-c2ccccc2-c2cnc(-c3ccccc3)cc2C2=CCCC=C2)c1)C(F)(F)F. The maximum absolute atomic E-state index is 13.7. The smallest absolute Gasteiger partial charge is 0.376 e. The van der Waals surface area contributed by atoms with E-state index >= 15 is 0 Å². The van der Waals surface area contributed by atoms with Crippen LogP contribution in [-0.2, 0) is 10.1 Å². The molecular weight excluding hydrogens is 730 g/mol. The molecule has 5 aromatic carbocycles. The Hall–Kier alpha value is -6.58. The first-order valence-electron chi connectivity index (χ1n) is 17.9. The second kappa shape index (κ2) is 15.3. The number of benzene rings is 5. The summed E-state index contributed by atoms with van der Waals surface area (Å²) in [7, 11) is -5.99. The third-order valence-corrected chi connectivity index (χ3v) is 10.6. The van der Waals surface area contributed by atoms with Crippen LogP contribution in [0.3, 0.4) is 0 Å². The van der Waals surface area contributed by atoms with Gasteiger partial charge in [-0.05, 0) is 99.3 Å². The van der Waals surface area contributed by atoms with Crippen molar-refractivity contribution in [2.45, 2.75) is 18.3 Å². The fraction of sp³-hybridized carbons (Fsp3) is 0.0638. The van der Waals surface area contributed by atoms with E-state index in [-0.39, 0.29) is 0 Å². The van der Waals surface area contributed by atoms with Crippen molar-refractivity contribution >= 4 is 15.7 Å². The monoisotopic (exact) mass is 762 g/mol. The van der Waals surface area contributed by atoms with Gasteiger partial charge in [0.15, 0.2) is 0 Å².